The predicted molar refractivity (Wildman–Crippen MR) is 181 cm³/mol. The highest BCUT2D eigenvalue weighted by Gasteiger charge is 2.51. The van der Waals surface area contributed by atoms with E-state index in [9.17, 15) is 9.59 Å². The van der Waals surface area contributed by atoms with Gasteiger partial charge in [0.05, 0.1) is 24.5 Å². The fourth-order valence-corrected chi connectivity index (χ4v) is 11.6. The van der Waals surface area contributed by atoms with Gasteiger partial charge in [-0.15, -0.1) is 11.8 Å². The van der Waals surface area contributed by atoms with E-state index in [1.807, 2.05) is 30.3 Å². The third-order valence-corrected chi connectivity index (χ3v) is 14.0. The number of carbonyl (C=O) groups excluding carboxylic acids is 1. The minimum Gasteiger partial charge on any atom is -0.406 e. The third kappa shape index (κ3) is 7.13. The Morgan fingerprint density at radius 3 is 2.07 bits per heavy atom. The number of benzene rings is 3. The van der Waals surface area contributed by atoms with Crippen LogP contribution in [0, 0.1) is 0 Å². The van der Waals surface area contributed by atoms with Gasteiger partial charge in [-0.1, -0.05) is 112 Å². The number of aromatic nitrogens is 2. The Labute approximate surface area is 264 Å². The lowest BCUT2D eigenvalue weighted by atomic mass is 10.1. The highest BCUT2D eigenvalue weighted by atomic mass is 32.2. The van der Waals surface area contributed by atoms with Crippen LogP contribution in [0.3, 0.4) is 0 Å². The van der Waals surface area contributed by atoms with Crippen LogP contribution in [-0.4, -0.2) is 41.7 Å². The fraction of sp³-hybridized carbons (Fsp3) is 0.286. The van der Waals surface area contributed by atoms with E-state index in [-0.39, 0.29) is 28.1 Å². The van der Waals surface area contributed by atoms with E-state index in [1.165, 1.54) is 17.3 Å². The molecule has 228 valence electrons. The van der Waals surface area contributed by atoms with Crippen LogP contribution in [0.4, 0.5) is 5.82 Å². The molecule has 0 unspecified atom stereocenters. The quantitative estimate of drug-likeness (QED) is 0.226. The van der Waals surface area contributed by atoms with Gasteiger partial charge in [0.15, 0.2) is 0 Å². The number of amides is 1. The van der Waals surface area contributed by atoms with E-state index < -0.39 is 14.0 Å². The summed E-state index contributed by atoms with van der Waals surface area (Å²) < 4.78 is 15.5. The van der Waals surface area contributed by atoms with Gasteiger partial charge in [0.1, 0.15) is 5.82 Å². The third-order valence-electron chi connectivity index (χ3n) is 7.78. The topological polar surface area (TPSA) is 82.5 Å². The van der Waals surface area contributed by atoms with Gasteiger partial charge in [-0.05, 0) is 38.0 Å². The van der Waals surface area contributed by atoms with Crippen LogP contribution >= 0.6 is 11.8 Å². The summed E-state index contributed by atoms with van der Waals surface area (Å²) in [5, 5.41) is 6.97. The Morgan fingerprint density at radius 2 is 1.52 bits per heavy atom. The van der Waals surface area contributed by atoms with Crippen molar-refractivity contribution in [2.24, 2.45) is 0 Å². The molecule has 3 aromatic carbocycles. The normalized spacial score (nSPS) is 16.9. The lowest BCUT2D eigenvalue weighted by Gasteiger charge is -2.43. The van der Waals surface area contributed by atoms with Gasteiger partial charge < -0.3 is 14.5 Å². The number of anilines is 1. The number of rotatable bonds is 11. The van der Waals surface area contributed by atoms with Gasteiger partial charge in [-0.3, -0.25) is 9.36 Å². The molecule has 4 aromatic rings. The minimum absolute atomic E-state index is 0.0160. The summed E-state index contributed by atoms with van der Waals surface area (Å²) in [5.41, 5.74) is 1.63. The van der Waals surface area contributed by atoms with Gasteiger partial charge >= 0.3 is 5.69 Å². The molecule has 1 amide bonds. The first kappa shape index (κ1) is 31.7. The maximum absolute atomic E-state index is 12.9. The molecule has 44 heavy (non-hydrogen) atoms. The first-order valence-corrected chi connectivity index (χ1v) is 17.6. The maximum Gasteiger partial charge on any atom is 0.349 e. The monoisotopic (exact) mass is 625 g/mol. The molecule has 1 aliphatic heterocycles. The summed E-state index contributed by atoms with van der Waals surface area (Å²) in [4.78, 5) is 28.3. The first-order valence-electron chi connectivity index (χ1n) is 14.8. The van der Waals surface area contributed by atoms with Crippen molar-refractivity contribution in [3.63, 3.8) is 0 Å². The number of hydrogen-bond acceptors (Lipinski definition) is 6. The van der Waals surface area contributed by atoms with Gasteiger partial charge in [0.25, 0.3) is 8.32 Å². The zero-order valence-corrected chi connectivity index (χ0v) is 27.4. The SMILES string of the molecule is CC(=O)Nc1ccn(CC2=CS[C@H](CO[Si](c3ccccc3)(c3ccccc3)C(C)(C)C)[C@H]2OCc2ccccc2)c(=O)n1. The molecule has 0 fully saturated rings. The van der Waals surface area contributed by atoms with Crippen LogP contribution in [0.25, 0.3) is 0 Å². The van der Waals surface area contributed by atoms with Crippen molar-refractivity contribution in [3.05, 3.63) is 130 Å². The summed E-state index contributed by atoms with van der Waals surface area (Å²) in [6.07, 6.45) is 1.38. The van der Waals surface area contributed by atoms with Crippen molar-refractivity contribution >= 4 is 42.2 Å². The van der Waals surface area contributed by atoms with Crippen LogP contribution in [0.2, 0.25) is 5.04 Å². The molecule has 0 bridgehead atoms. The predicted octanol–water partition coefficient (Wildman–Crippen LogP) is 5.36. The summed E-state index contributed by atoms with van der Waals surface area (Å²) in [6, 6.07) is 33.0. The molecule has 2 atom stereocenters. The lowest BCUT2D eigenvalue weighted by molar-refractivity contribution is -0.114. The fourth-order valence-electron chi connectivity index (χ4n) is 5.75. The molecule has 5 rings (SSSR count). The Morgan fingerprint density at radius 1 is 0.932 bits per heavy atom. The summed E-state index contributed by atoms with van der Waals surface area (Å²) >= 11 is 1.69. The van der Waals surface area contributed by atoms with Gasteiger partial charge in [0, 0.05) is 19.7 Å². The van der Waals surface area contributed by atoms with E-state index >= 15 is 0 Å². The smallest absolute Gasteiger partial charge is 0.349 e. The second-order valence-corrected chi connectivity index (χ2v) is 17.4. The van der Waals surface area contributed by atoms with Gasteiger partial charge in [-0.2, -0.15) is 4.98 Å². The average Bonchev–Trinajstić information content (AvgIpc) is 3.39. The maximum atomic E-state index is 12.9. The molecular weight excluding hydrogens is 587 g/mol. The molecule has 0 spiro atoms. The van der Waals surface area contributed by atoms with Gasteiger partial charge in [0.2, 0.25) is 5.91 Å². The van der Waals surface area contributed by atoms with Crippen LogP contribution in [0.1, 0.15) is 33.3 Å². The second-order valence-electron chi connectivity index (χ2n) is 12.0. The molecule has 0 saturated heterocycles. The molecule has 1 N–H and O–H groups in total. The van der Waals surface area contributed by atoms with Crippen molar-refractivity contribution in [2.75, 3.05) is 11.9 Å². The lowest BCUT2D eigenvalue weighted by Crippen LogP contribution is -2.67. The molecule has 0 aliphatic carbocycles. The van der Waals surface area contributed by atoms with Crippen LogP contribution in [0.5, 0.6) is 0 Å². The van der Waals surface area contributed by atoms with Crippen LogP contribution in [0.15, 0.2) is 119 Å². The molecule has 1 aromatic heterocycles. The van der Waals surface area contributed by atoms with Crippen molar-refractivity contribution in [1.82, 2.24) is 9.55 Å². The largest absolute Gasteiger partial charge is 0.406 e. The minimum atomic E-state index is -2.75. The zero-order valence-electron chi connectivity index (χ0n) is 25.6. The Bertz CT molecular complexity index is 1600. The standard InChI is InChI=1S/C35H39N3O4SSi/c1-26(39)36-32-20-21-38(34(40)37-32)22-28-25-43-31(33(28)41-23-27-14-8-5-9-15-27)24-42-44(35(2,3)4,29-16-10-6-11-17-29)30-18-12-7-13-19-30/h5-21,25,31,33H,22-24H2,1-4H3,(H,36,37,39,40)/t31-,33+/m1/s1. The van der Waals surface area contributed by atoms with Crippen molar-refractivity contribution in [1.29, 1.82) is 0 Å². The van der Waals surface area contributed by atoms with Gasteiger partial charge in [-0.25, -0.2) is 4.79 Å². The molecule has 0 radical (unpaired) electrons. The van der Waals surface area contributed by atoms with Crippen LogP contribution < -0.4 is 21.4 Å². The Kier molecular flexibility index (Phi) is 10.0. The number of ether oxygens (including phenoxy) is 1. The highest BCUT2D eigenvalue weighted by Crippen LogP contribution is 2.40. The van der Waals surface area contributed by atoms with E-state index in [2.05, 4.69) is 97.1 Å². The summed E-state index contributed by atoms with van der Waals surface area (Å²) in [7, 11) is -2.75. The number of hydrogen-bond donors (Lipinski definition) is 1. The van der Waals surface area contributed by atoms with Crippen molar-refractivity contribution < 1.29 is 14.0 Å². The van der Waals surface area contributed by atoms with E-state index in [0.29, 0.717) is 19.8 Å². The van der Waals surface area contributed by atoms with E-state index in [1.54, 1.807) is 28.6 Å². The molecule has 1 aliphatic rings. The molecule has 2 heterocycles. The van der Waals surface area contributed by atoms with Crippen LogP contribution in [-0.2, 0) is 27.1 Å². The van der Waals surface area contributed by atoms with E-state index in [4.69, 9.17) is 9.16 Å². The van der Waals surface area contributed by atoms with E-state index in [0.717, 1.165) is 11.1 Å². The molecular formula is C35H39N3O4SSi. The highest BCUT2D eigenvalue weighted by molar-refractivity contribution is 8.03. The average molecular weight is 626 g/mol. The van der Waals surface area contributed by atoms with Crippen molar-refractivity contribution in [3.8, 4) is 0 Å². The summed E-state index contributed by atoms with van der Waals surface area (Å²) in [6.45, 7) is 9.46. The first-order chi connectivity index (χ1) is 21.2. The molecule has 0 saturated carbocycles. The van der Waals surface area contributed by atoms with Crippen molar-refractivity contribution in [2.45, 2.75) is 57.2 Å². The Hall–Kier alpha value is -3.76. The zero-order chi connectivity index (χ0) is 31.2. The number of carbonyl (C=O) groups is 1. The number of thioether (sulfide) groups is 1. The second kappa shape index (κ2) is 13.9. The number of nitrogens with zero attached hydrogens (tertiary/aromatic N) is 2. The molecule has 7 nitrogen and oxygen atoms in total. The Balaban J connectivity index is 1.44. The molecule has 9 heteroatoms. The summed E-state index contributed by atoms with van der Waals surface area (Å²) in [5.74, 6) is -0.0374. The number of nitrogens with one attached hydrogen (secondary N) is 1.